The summed E-state index contributed by atoms with van der Waals surface area (Å²) in [5.41, 5.74) is 1.18. The lowest BCUT2D eigenvalue weighted by Crippen LogP contribution is -2.14. The Morgan fingerprint density at radius 3 is 3.06 bits per heavy atom. The molecule has 18 heavy (non-hydrogen) atoms. The maximum atomic E-state index is 4.39. The highest BCUT2D eigenvalue weighted by Gasteiger charge is 2.08. The number of hydrogen-bond acceptors (Lipinski definition) is 5. The minimum Gasteiger partial charge on any atom is -0.313 e. The maximum absolute atomic E-state index is 4.39. The van der Waals surface area contributed by atoms with Gasteiger partial charge in [0.2, 0.25) is 5.16 Å². The number of pyridine rings is 1. The van der Waals surface area contributed by atoms with Gasteiger partial charge in [-0.15, -0.1) is 5.10 Å². The van der Waals surface area contributed by atoms with E-state index >= 15 is 0 Å². The van der Waals surface area contributed by atoms with Crippen LogP contribution in [0.2, 0.25) is 0 Å². The van der Waals surface area contributed by atoms with Crippen LogP contribution in [0.15, 0.2) is 28.5 Å². The average molecular weight is 263 g/mol. The van der Waals surface area contributed by atoms with Gasteiger partial charge >= 0.3 is 0 Å². The fourth-order valence-corrected chi connectivity index (χ4v) is 2.34. The summed E-state index contributed by atoms with van der Waals surface area (Å²) in [5, 5.41) is 12.0. The van der Waals surface area contributed by atoms with Gasteiger partial charge in [0, 0.05) is 12.7 Å². The molecule has 2 N–H and O–H groups in total. The summed E-state index contributed by atoms with van der Waals surface area (Å²) in [6, 6.07) is 4.04. The number of aromatic amines is 1. The van der Waals surface area contributed by atoms with E-state index in [1.165, 1.54) is 17.3 Å². The van der Waals surface area contributed by atoms with E-state index in [9.17, 15) is 0 Å². The summed E-state index contributed by atoms with van der Waals surface area (Å²) in [7, 11) is 0. The van der Waals surface area contributed by atoms with Gasteiger partial charge in [0.25, 0.3) is 0 Å². The van der Waals surface area contributed by atoms with E-state index in [1.807, 2.05) is 13.0 Å². The fourth-order valence-electron chi connectivity index (χ4n) is 1.50. The molecule has 2 heterocycles. The van der Waals surface area contributed by atoms with Crippen LogP contribution >= 0.6 is 11.8 Å². The Bertz CT molecular complexity index is 497. The van der Waals surface area contributed by atoms with Gasteiger partial charge in [0.1, 0.15) is 10.9 Å². The molecule has 6 heteroatoms. The molecule has 0 fully saturated rings. The Kier molecular flexibility index (Phi) is 4.72. The van der Waals surface area contributed by atoms with Crippen LogP contribution in [0.5, 0.6) is 0 Å². The molecule has 0 spiro atoms. The summed E-state index contributed by atoms with van der Waals surface area (Å²) in [6.45, 7) is 5.88. The van der Waals surface area contributed by atoms with Gasteiger partial charge < -0.3 is 5.32 Å². The van der Waals surface area contributed by atoms with Crippen LogP contribution in [0.1, 0.15) is 24.7 Å². The molecule has 0 radical (unpaired) electrons. The molecule has 0 aliphatic rings. The van der Waals surface area contributed by atoms with Crippen molar-refractivity contribution in [3.63, 3.8) is 0 Å². The standard InChI is InChI=1S/C12H17N5S/c1-3-6-13-8-10-5-4-7-14-11(10)18-12-15-9(2)16-17-12/h4-5,7,13H,3,6,8H2,1-2H3,(H,15,16,17). The topological polar surface area (TPSA) is 66.5 Å². The van der Waals surface area contributed by atoms with Crippen LogP contribution in [-0.4, -0.2) is 26.7 Å². The van der Waals surface area contributed by atoms with E-state index in [4.69, 9.17) is 0 Å². The zero-order valence-electron chi connectivity index (χ0n) is 10.6. The quantitative estimate of drug-likeness (QED) is 0.782. The van der Waals surface area contributed by atoms with Crippen LogP contribution < -0.4 is 5.32 Å². The molecule has 0 aliphatic heterocycles. The number of aromatic nitrogens is 4. The van der Waals surface area contributed by atoms with Crippen molar-refractivity contribution in [3.05, 3.63) is 29.7 Å². The van der Waals surface area contributed by atoms with Crippen LogP contribution in [-0.2, 0) is 6.54 Å². The largest absolute Gasteiger partial charge is 0.313 e. The van der Waals surface area contributed by atoms with Crippen molar-refractivity contribution >= 4 is 11.8 Å². The first-order valence-corrected chi connectivity index (χ1v) is 6.82. The van der Waals surface area contributed by atoms with Crippen LogP contribution in [0, 0.1) is 6.92 Å². The number of nitrogens with one attached hydrogen (secondary N) is 2. The normalized spacial score (nSPS) is 10.8. The second-order valence-corrected chi connectivity index (χ2v) is 4.91. The molecule has 0 aliphatic carbocycles. The van der Waals surface area contributed by atoms with Crippen molar-refractivity contribution in [2.24, 2.45) is 0 Å². The molecule has 0 aromatic carbocycles. The van der Waals surface area contributed by atoms with E-state index in [1.54, 1.807) is 6.20 Å². The van der Waals surface area contributed by atoms with Crippen molar-refractivity contribution < 1.29 is 0 Å². The second kappa shape index (κ2) is 6.51. The summed E-state index contributed by atoms with van der Waals surface area (Å²) in [5.74, 6) is 0.819. The van der Waals surface area contributed by atoms with Crippen molar-refractivity contribution in [2.45, 2.75) is 37.0 Å². The second-order valence-electron chi connectivity index (χ2n) is 3.95. The van der Waals surface area contributed by atoms with E-state index in [-0.39, 0.29) is 0 Å². The molecule has 2 aromatic rings. The Labute approximate surface area is 111 Å². The highest BCUT2D eigenvalue weighted by atomic mass is 32.2. The Balaban J connectivity index is 2.07. The predicted molar refractivity (Wildman–Crippen MR) is 71.5 cm³/mol. The Hall–Kier alpha value is -1.40. The molecule has 5 nitrogen and oxygen atoms in total. The molecule has 2 rings (SSSR count). The summed E-state index contributed by atoms with van der Waals surface area (Å²) in [4.78, 5) is 8.67. The van der Waals surface area contributed by atoms with Gasteiger partial charge in [-0.3, -0.25) is 5.10 Å². The first-order valence-electron chi connectivity index (χ1n) is 6.01. The minimum absolute atomic E-state index is 0.711. The molecular weight excluding hydrogens is 246 g/mol. The third-order valence-electron chi connectivity index (χ3n) is 2.36. The lowest BCUT2D eigenvalue weighted by atomic mass is 10.3. The molecular formula is C12H17N5S. The van der Waals surface area contributed by atoms with Gasteiger partial charge in [0.15, 0.2) is 0 Å². The Morgan fingerprint density at radius 1 is 1.44 bits per heavy atom. The number of nitrogens with zero attached hydrogens (tertiary/aromatic N) is 3. The molecule has 0 atom stereocenters. The SMILES string of the molecule is CCCNCc1cccnc1Sc1n[nH]c(C)n1. The number of hydrogen-bond donors (Lipinski definition) is 2. The van der Waals surface area contributed by atoms with Gasteiger partial charge in [-0.25, -0.2) is 9.97 Å². The van der Waals surface area contributed by atoms with Gasteiger partial charge in [0.05, 0.1) is 0 Å². The first kappa shape index (κ1) is 13.0. The number of H-pyrrole nitrogens is 1. The predicted octanol–water partition coefficient (Wildman–Crippen LogP) is 2.16. The van der Waals surface area contributed by atoms with Gasteiger partial charge in [-0.2, -0.15) is 0 Å². The summed E-state index contributed by atoms with van der Waals surface area (Å²) < 4.78 is 0. The molecule has 0 saturated carbocycles. The highest BCUT2D eigenvalue weighted by Crippen LogP contribution is 2.25. The Morgan fingerprint density at radius 2 is 2.33 bits per heavy atom. The summed E-state index contributed by atoms with van der Waals surface area (Å²) >= 11 is 1.49. The monoisotopic (exact) mass is 263 g/mol. The van der Waals surface area contributed by atoms with Gasteiger partial charge in [-0.05, 0) is 43.3 Å². The van der Waals surface area contributed by atoms with Crippen molar-refractivity contribution in [1.29, 1.82) is 0 Å². The molecule has 96 valence electrons. The lowest BCUT2D eigenvalue weighted by Gasteiger charge is -2.07. The smallest absolute Gasteiger partial charge is 0.214 e. The molecule has 2 aromatic heterocycles. The van der Waals surface area contributed by atoms with E-state index < -0.39 is 0 Å². The maximum Gasteiger partial charge on any atom is 0.214 e. The van der Waals surface area contributed by atoms with Crippen LogP contribution in [0.3, 0.4) is 0 Å². The first-order chi connectivity index (χ1) is 8.79. The van der Waals surface area contributed by atoms with Crippen LogP contribution in [0.25, 0.3) is 0 Å². The number of aryl methyl sites for hydroxylation is 1. The third kappa shape index (κ3) is 3.54. The van der Waals surface area contributed by atoms with Crippen molar-refractivity contribution in [2.75, 3.05) is 6.54 Å². The molecule has 0 bridgehead atoms. The zero-order valence-corrected chi connectivity index (χ0v) is 11.4. The van der Waals surface area contributed by atoms with Crippen molar-refractivity contribution in [1.82, 2.24) is 25.5 Å². The van der Waals surface area contributed by atoms with Crippen LogP contribution in [0.4, 0.5) is 0 Å². The third-order valence-corrected chi connectivity index (χ3v) is 3.28. The van der Waals surface area contributed by atoms with E-state index in [0.717, 1.165) is 30.4 Å². The van der Waals surface area contributed by atoms with Gasteiger partial charge in [-0.1, -0.05) is 13.0 Å². The lowest BCUT2D eigenvalue weighted by molar-refractivity contribution is 0.665. The summed E-state index contributed by atoms with van der Waals surface area (Å²) in [6.07, 6.45) is 2.92. The van der Waals surface area contributed by atoms with E-state index in [0.29, 0.717) is 5.16 Å². The fraction of sp³-hybridized carbons (Fsp3) is 0.417. The number of rotatable bonds is 6. The highest BCUT2D eigenvalue weighted by molar-refractivity contribution is 7.99. The zero-order chi connectivity index (χ0) is 12.8. The van der Waals surface area contributed by atoms with E-state index in [2.05, 4.69) is 38.5 Å². The average Bonchev–Trinajstić information content (AvgIpc) is 2.77. The molecule has 0 unspecified atom stereocenters. The molecule has 0 saturated heterocycles. The van der Waals surface area contributed by atoms with Crippen molar-refractivity contribution in [3.8, 4) is 0 Å². The minimum atomic E-state index is 0.711. The molecule has 0 amide bonds.